The van der Waals surface area contributed by atoms with Crippen LogP contribution in [0, 0.1) is 0 Å². The fourth-order valence-electron chi connectivity index (χ4n) is 3.06. The Morgan fingerprint density at radius 3 is 2.86 bits per heavy atom. The van der Waals surface area contributed by atoms with Crippen molar-refractivity contribution in [3.05, 3.63) is 76.9 Å². The lowest BCUT2D eigenvalue weighted by molar-refractivity contribution is 0.417. The molecule has 1 aromatic rings. The van der Waals surface area contributed by atoms with Crippen LogP contribution >= 0.6 is 0 Å². The monoisotopic (exact) mass is 277 g/mol. The van der Waals surface area contributed by atoms with Gasteiger partial charge in [-0.15, -0.1) is 0 Å². The molecule has 1 aromatic carbocycles. The number of rotatable bonds is 3. The summed E-state index contributed by atoms with van der Waals surface area (Å²) in [6, 6.07) is 8.84. The van der Waals surface area contributed by atoms with E-state index in [-0.39, 0.29) is 0 Å². The van der Waals surface area contributed by atoms with Gasteiger partial charge in [0.1, 0.15) is 0 Å². The Morgan fingerprint density at radius 2 is 2.00 bits per heavy atom. The molecule has 0 saturated heterocycles. The van der Waals surface area contributed by atoms with Crippen LogP contribution in [0.5, 0.6) is 0 Å². The Balaban J connectivity index is 2.04. The summed E-state index contributed by atoms with van der Waals surface area (Å²) in [4.78, 5) is 2.24. The molecule has 1 nitrogen and oxygen atoms in total. The molecule has 0 spiro atoms. The van der Waals surface area contributed by atoms with E-state index in [1.165, 1.54) is 27.8 Å². The standard InChI is InChI=1S/C20H23N/c1-21(2)15-7-12-20-18-10-5-3-8-16(18)13-14-17-9-4-6-11-19(17)20/h3-6,8,10-12,14H,7,9,13,15H2,1-2H3/b20-12+. The summed E-state index contributed by atoms with van der Waals surface area (Å²) in [5, 5.41) is 0. The van der Waals surface area contributed by atoms with E-state index in [0.717, 1.165) is 25.8 Å². The minimum Gasteiger partial charge on any atom is -0.309 e. The van der Waals surface area contributed by atoms with Gasteiger partial charge < -0.3 is 4.90 Å². The van der Waals surface area contributed by atoms with Crippen molar-refractivity contribution in [1.82, 2.24) is 4.90 Å². The van der Waals surface area contributed by atoms with Crippen LogP contribution < -0.4 is 0 Å². The zero-order chi connectivity index (χ0) is 14.7. The molecule has 0 saturated carbocycles. The summed E-state index contributed by atoms with van der Waals surface area (Å²) >= 11 is 0. The van der Waals surface area contributed by atoms with Gasteiger partial charge in [-0.2, -0.15) is 0 Å². The van der Waals surface area contributed by atoms with Gasteiger partial charge in [-0.05, 0) is 61.2 Å². The van der Waals surface area contributed by atoms with E-state index < -0.39 is 0 Å². The van der Waals surface area contributed by atoms with Gasteiger partial charge in [0, 0.05) is 6.54 Å². The number of nitrogens with zero attached hydrogens (tertiary/aromatic N) is 1. The molecular formula is C20H23N. The third kappa shape index (κ3) is 3.08. The second-order valence-electron chi connectivity index (χ2n) is 6.01. The van der Waals surface area contributed by atoms with Crippen molar-refractivity contribution in [2.75, 3.05) is 20.6 Å². The van der Waals surface area contributed by atoms with Crippen LogP contribution in [0.4, 0.5) is 0 Å². The maximum Gasteiger partial charge on any atom is 0.00101 e. The van der Waals surface area contributed by atoms with Crippen LogP contribution in [0.1, 0.15) is 24.0 Å². The Labute approximate surface area is 128 Å². The Kier molecular flexibility index (Phi) is 4.21. The third-order valence-electron chi connectivity index (χ3n) is 4.17. The predicted molar refractivity (Wildman–Crippen MR) is 91.2 cm³/mol. The third-order valence-corrected chi connectivity index (χ3v) is 4.17. The lowest BCUT2D eigenvalue weighted by atomic mass is 9.88. The molecule has 0 aliphatic heterocycles. The molecule has 0 atom stereocenters. The fourth-order valence-corrected chi connectivity index (χ4v) is 3.06. The second kappa shape index (κ2) is 6.28. The minimum absolute atomic E-state index is 1.04. The molecule has 2 aliphatic carbocycles. The molecule has 0 unspecified atom stereocenters. The average Bonchev–Trinajstić information content (AvgIpc) is 2.65. The first-order chi connectivity index (χ1) is 10.3. The molecule has 0 aromatic heterocycles. The molecule has 0 fully saturated rings. The van der Waals surface area contributed by atoms with Gasteiger partial charge in [-0.3, -0.25) is 0 Å². The van der Waals surface area contributed by atoms with Gasteiger partial charge in [-0.25, -0.2) is 0 Å². The summed E-state index contributed by atoms with van der Waals surface area (Å²) in [7, 11) is 4.26. The molecule has 3 rings (SSSR count). The number of hydrogen-bond acceptors (Lipinski definition) is 1. The van der Waals surface area contributed by atoms with E-state index >= 15 is 0 Å². The maximum absolute atomic E-state index is 2.42. The summed E-state index contributed by atoms with van der Waals surface area (Å²) in [6.07, 6.45) is 14.7. The summed E-state index contributed by atoms with van der Waals surface area (Å²) < 4.78 is 0. The van der Waals surface area contributed by atoms with E-state index in [1.54, 1.807) is 0 Å². The number of hydrogen-bond donors (Lipinski definition) is 0. The van der Waals surface area contributed by atoms with Gasteiger partial charge in [-0.1, -0.05) is 54.6 Å². The first-order valence-electron chi connectivity index (χ1n) is 7.75. The van der Waals surface area contributed by atoms with Crippen LogP contribution in [0.3, 0.4) is 0 Å². The van der Waals surface area contributed by atoms with Crippen molar-refractivity contribution in [2.24, 2.45) is 0 Å². The highest BCUT2D eigenvalue weighted by Gasteiger charge is 2.18. The van der Waals surface area contributed by atoms with Gasteiger partial charge in [0.05, 0.1) is 0 Å². The van der Waals surface area contributed by atoms with Crippen LogP contribution in [-0.2, 0) is 6.42 Å². The van der Waals surface area contributed by atoms with Crippen molar-refractivity contribution < 1.29 is 0 Å². The summed E-state index contributed by atoms with van der Waals surface area (Å²) in [6.45, 7) is 1.09. The van der Waals surface area contributed by atoms with Gasteiger partial charge in [0.25, 0.3) is 0 Å². The lowest BCUT2D eigenvalue weighted by Crippen LogP contribution is -2.12. The van der Waals surface area contributed by atoms with E-state index in [4.69, 9.17) is 0 Å². The fraction of sp³-hybridized carbons (Fsp3) is 0.300. The molecule has 0 amide bonds. The van der Waals surface area contributed by atoms with E-state index in [2.05, 4.69) is 73.6 Å². The van der Waals surface area contributed by atoms with Crippen molar-refractivity contribution >= 4 is 5.57 Å². The molecule has 0 N–H and O–H groups in total. The molecular weight excluding hydrogens is 254 g/mol. The number of benzene rings is 1. The molecule has 21 heavy (non-hydrogen) atoms. The first-order valence-corrected chi connectivity index (χ1v) is 7.75. The largest absolute Gasteiger partial charge is 0.309 e. The molecule has 0 radical (unpaired) electrons. The van der Waals surface area contributed by atoms with Crippen LogP contribution in [0.25, 0.3) is 5.57 Å². The van der Waals surface area contributed by atoms with Crippen molar-refractivity contribution in [1.29, 1.82) is 0 Å². The van der Waals surface area contributed by atoms with Crippen molar-refractivity contribution in [2.45, 2.75) is 19.3 Å². The Bertz CT molecular complexity index is 642. The Hall–Kier alpha value is -1.86. The van der Waals surface area contributed by atoms with Crippen LogP contribution in [0.2, 0.25) is 0 Å². The summed E-state index contributed by atoms with van der Waals surface area (Å²) in [5.41, 5.74) is 7.16. The molecule has 0 heterocycles. The molecule has 0 bridgehead atoms. The minimum atomic E-state index is 1.04. The highest BCUT2D eigenvalue weighted by Crippen LogP contribution is 2.37. The predicted octanol–water partition coefficient (Wildman–Crippen LogP) is 4.39. The first kappa shape index (κ1) is 14.1. The van der Waals surface area contributed by atoms with Crippen molar-refractivity contribution in [3.63, 3.8) is 0 Å². The average molecular weight is 277 g/mol. The number of fused-ring (bicyclic) bond motifs is 2. The second-order valence-corrected chi connectivity index (χ2v) is 6.01. The zero-order valence-corrected chi connectivity index (χ0v) is 13.0. The van der Waals surface area contributed by atoms with E-state index in [1.807, 2.05) is 0 Å². The van der Waals surface area contributed by atoms with Crippen LogP contribution in [-0.4, -0.2) is 25.5 Å². The Morgan fingerprint density at radius 1 is 1.14 bits per heavy atom. The summed E-state index contributed by atoms with van der Waals surface area (Å²) in [5.74, 6) is 0. The zero-order valence-electron chi connectivity index (χ0n) is 13.0. The van der Waals surface area contributed by atoms with Gasteiger partial charge >= 0.3 is 0 Å². The SMILES string of the molecule is CN(C)CC/C=C1/C2=CC=CCC2=CCc2ccccc21. The van der Waals surface area contributed by atoms with Gasteiger partial charge in [0.2, 0.25) is 0 Å². The smallest absolute Gasteiger partial charge is 0.00101 e. The molecule has 2 aliphatic rings. The molecule has 108 valence electrons. The number of allylic oxidation sites excluding steroid dienone is 7. The quantitative estimate of drug-likeness (QED) is 0.792. The van der Waals surface area contributed by atoms with E-state index in [9.17, 15) is 0 Å². The van der Waals surface area contributed by atoms with Crippen molar-refractivity contribution in [3.8, 4) is 0 Å². The normalized spacial score (nSPS) is 18.9. The highest BCUT2D eigenvalue weighted by atomic mass is 15.0. The van der Waals surface area contributed by atoms with Crippen LogP contribution in [0.15, 0.2) is 65.8 Å². The lowest BCUT2D eigenvalue weighted by Gasteiger charge is -2.17. The van der Waals surface area contributed by atoms with Gasteiger partial charge in [0.15, 0.2) is 0 Å². The topological polar surface area (TPSA) is 3.24 Å². The maximum atomic E-state index is 2.42. The molecule has 1 heteroatoms. The highest BCUT2D eigenvalue weighted by molar-refractivity contribution is 5.87. The van der Waals surface area contributed by atoms with E-state index in [0.29, 0.717) is 0 Å².